The summed E-state index contributed by atoms with van der Waals surface area (Å²) in [5.74, 6) is -0.976. The highest BCUT2D eigenvalue weighted by Crippen LogP contribution is 2.12. The molecular formula is C10H11N3O2. The van der Waals surface area contributed by atoms with Gasteiger partial charge in [0.25, 0.3) is 0 Å². The van der Waals surface area contributed by atoms with Crippen LogP contribution in [0.4, 0.5) is 0 Å². The molecule has 0 fully saturated rings. The van der Waals surface area contributed by atoms with E-state index in [1.165, 1.54) is 10.7 Å². The molecule has 2 aromatic rings. The monoisotopic (exact) mass is 205 g/mol. The summed E-state index contributed by atoms with van der Waals surface area (Å²) in [6.07, 6.45) is 4.05. The second kappa shape index (κ2) is 3.34. The van der Waals surface area contributed by atoms with E-state index < -0.39 is 5.97 Å². The summed E-state index contributed by atoms with van der Waals surface area (Å²) in [7, 11) is 0. The Labute approximate surface area is 86.4 Å². The van der Waals surface area contributed by atoms with Gasteiger partial charge in [0.1, 0.15) is 0 Å². The van der Waals surface area contributed by atoms with Gasteiger partial charge in [-0.3, -0.25) is 0 Å². The molecule has 0 radical (unpaired) electrons. The summed E-state index contributed by atoms with van der Waals surface area (Å²) >= 11 is 0. The Balaban J connectivity index is 2.72. The van der Waals surface area contributed by atoms with Crippen LogP contribution in [0.5, 0.6) is 0 Å². The van der Waals surface area contributed by atoms with E-state index in [9.17, 15) is 4.79 Å². The second-order valence-corrected chi connectivity index (χ2v) is 3.34. The molecule has 0 aliphatic rings. The number of nitrogens with zero attached hydrogens (tertiary/aromatic N) is 3. The molecule has 78 valence electrons. The summed E-state index contributed by atoms with van der Waals surface area (Å²) < 4.78 is 1.51. The van der Waals surface area contributed by atoms with Crippen LogP contribution < -0.4 is 0 Å². The van der Waals surface area contributed by atoms with Gasteiger partial charge in [0.15, 0.2) is 5.65 Å². The van der Waals surface area contributed by atoms with E-state index in [0.717, 1.165) is 17.6 Å². The lowest BCUT2D eigenvalue weighted by Crippen LogP contribution is -2.05. The van der Waals surface area contributed by atoms with Crippen molar-refractivity contribution < 1.29 is 9.90 Å². The predicted molar refractivity (Wildman–Crippen MR) is 54.1 cm³/mol. The van der Waals surface area contributed by atoms with Crippen LogP contribution in [0.15, 0.2) is 12.4 Å². The largest absolute Gasteiger partial charge is 0.478 e. The van der Waals surface area contributed by atoms with E-state index in [4.69, 9.17) is 5.11 Å². The highest BCUT2D eigenvalue weighted by molar-refractivity contribution is 5.88. The summed E-state index contributed by atoms with van der Waals surface area (Å²) in [4.78, 5) is 15.1. The fourth-order valence-electron chi connectivity index (χ4n) is 1.50. The van der Waals surface area contributed by atoms with Crippen molar-refractivity contribution in [2.75, 3.05) is 0 Å². The van der Waals surface area contributed by atoms with Crippen molar-refractivity contribution in [3.8, 4) is 0 Å². The van der Waals surface area contributed by atoms with Gasteiger partial charge in [-0.1, -0.05) is 6.92 Å². The van der Waals surface area contributed by atoms with Crippen LogP contribution >= 0.6 is 0 Å². The molecule has 5 nitrogen and oxygen atoms in total. The molecule has 2 heterocycles. The summed E-state index contributed by atoms with van der Waals surface area (Å²) in [5.41, 5.74) is 2.47. The topological polar surface area (TPSA) is 67.5 Å². The van der Waals surface area contributed by atoms with Crippen LogP contribution in [0.2, 0.25) is 0 Å². The minimum absolute atomic E-state index is 0.188. The number of rotatable bonds is 2. The standard InChI is InChI=1S/C10H11N3O2/c1-3-7-4-11-13-5-8(10(14)15)6(2)12-9(7)13/h4-5H,3H2,1-2H3,(H,14,15). The van der Waals surface area contributed by atoms with Gasteiger partial charge >= 0.3 is 5.97 Å². The highest BCUT2D eigenvalue weighted by atomic mass is 16.4. The number of carboxylic acids is 1. The van der Waals surface area contributed by atoms with Gasteiger partial charge in [0.05, 0.1) is 17.5 Å². The van der Waals surface area contributed by atoms with Crippen LogP contribution in [-0.2, 0) is 6.42 Å². The Hall–Kier alpha value is -1.91. The number of aromatic carboxylic acids is 1. The third-order valence-electron chi connectivity index (χ3n) is 2.37. The molecule has 1 N–H and O–H groups in total. The molecule has 2 rings (SSSR count). The number of carboxylic acid groups (broad SMARTS) is 1. The van der Waals surface area contributed by atoms with E-state index >= 15 is 0 Å². The van der Waals surface area contributed by atoms with Crippen LogP contribution in [0.1, 0.15) is 28.5 Å². The fraction of sp³-hybridized carbons (Fsp3) is 0.300. The van der Waals surface area contributed by atoms with E-state index in [1.807, 2.05) is 6.92 Å². The number of aryl methyl sites for hydroxylation is 2. The Morgan fingerprint density at radius 2 is 2.33 bits per heavy atom. The molecule has 0 saturated carbocycles. The maximum atomic E-state index is 10.9. The maximum absolute atomic E-state index is 10.9. The lowest BCUT2D eigenvalue weighted by atomic mass is 10.2. The molecule has 0 bridgehead atoms. The second-order valence-electron chi connectivity index (χ2n) is 3.34. The normalized spacial score (nSPS) is 10.8. The van der Waals surface area contributed by atoms with Crippen LogP contribution in [0.25, 0.3) is 5.65 Å². The zero-order valence-electron chi connectivity index (χ0n) is 8.56. The molecule has 15 heavy (non-hydrogen) atoms. The molecule has 0 aliphatic carbocycles. The van der Waals surface area contributed by atoms with E-state index in [1.54, 1.807) is 13.1 Å². The van der Waals surface area contributed by atoms with Gasteiger partial charge in [-0.05, 0) is 13.3 Å². The molecule has 0 amide bonds. The Bertz CT molecular complexity index is 531. The number of fused-ring (bicyclic) bond motifs is 1. The van der Waals surface area contributed by atoms with Crippen molar-refractivity contribution in [3.63, 3.8) is 0 Å². The van der Waals surface area contributed by atoms with E-state index in [-0.39, 0.29) is 5.56 Å². The Kier molecular flexibility index (Phi) is 2.15. The third kappa shape index (κ3) is 1.45. The minimum Gasteiger partial charge on any atom is -0.478 e. The lowest BCUT2D eigenvalue weighted by molar-refractivity contribution is 0.0695. The first-order valence-electron chi connectivity index (χ1n) is 4.70. The highest BCUT2D eigenvalue weighted by Gasteiger charge is 2.12. The zero-order chi connectivity index (χ0) is 11.0. The van der Waals surface area contributed by atoms with E-state index in [0.29, 0.717) is 5.69 Å². The summed E-state index contributed by atoms with van der Waals surface area (Å²) in [5, 5.41) is 13.0. The molecule has 2 aromatic heterocycles. The number of carbonyl (C=O) groups is 1. The quantitative estimate of drug-likeness (QED) is 0.802. The number of hydrogen-bond donors (Lipinski definition) is 1. The first-order chi connectivity index (χ1) is 7.13. The molecule has 0 aromatic carbocycles. The summed E-state index contributed by atoms with van der Waals surface area (Å²) in [6, 6.07) is 0. The third-order valence-corrected chi connectivity index (χ3v) is 2.37. The average Bonchev–Trinajstić information content (AvgIpc) is 2.58. The van der Waals surface area contributed by atoms with Crippen molar-refractivity contribution in [2.45, 2.75) is 20.3 Å². The lowest BCUT2D eigenvalue weighted by Gasteiger charge is -2.01. The molecule has 5 heteroatoms. The fourth-order valence-corrected chi connectivity index (χ4v) is 1.50. The average molecular weight is 205 g/mol. The zero-order valence-corrected chi connectivity index (χ0v) is 8.56. The predicted octanol–water partition coefficient (Wildman–Crippen LogP) is 1.30. The molecular weight excluding hydrogens is 194 g/mol. The first kappa shape index (κ1) is 9.64. The maximum Gasteiger partial charge on any atom is 0.339 e. The molecule has 0 atom stereocenters. The first-order valence-corrected chi connectivity index (χ1v) is 4.70. The number of aromatic nitrogens is 3. The van der Waals surface area contributed by atoms with Crippen LogP contribution in [0, 0.1) is 6.92 Å². The van der Waals surface area contributed by atoms with Crippen molar-refractivity contribution >= 4 is 11.6 Å². The van der Waals surface area contributed by atoms with Gasteiger partial charge in [0, 0.05) is 11.8 Å². The van der Waals surface area contributed by atoms with Crippen LogP contribution in [-0.4, -0.2) is 25.7 Å². The minimum atomic E-state index is -0.976. The van der Waals surface area contributed by atoms with Gasteiger partial charge < -0.3 is 5.11 Å². The Morgan fingerprint density at radius 1 is 1.60 bits per heavy atom. The molecule has 0 aliphatic heterocycles. The van der Waals surface area contributed by atoms with E-state index in [2.05, 4.69) is 10.1 Å². The molecule has 0 spiro atoms. The summed E-state index contributed by atoms with van der Waals surface area (Å²) in [6.45, 7) is 3.70. The SMILES string of the molecule is CCc1cnn2cc(C(=O)O)c(C)nc12. The van der Waals surface area contributed by atoms with Crippen molar-refractivity contribution in [2.24, 2.45) is 0 Å². The van der Waals surface area contributed by atoms with Crippen molar-refractivity contribution in [3.05, 3.63) is 29.2 Å². The van der Waals surface area contributed by atoms with Crippen LogP contribution in [0.3, 0.4) is 0 Å². The van der Waals surface area contributed by atoms with Gasteiger partial charge in [-0.2, -0.15) is 5.10 Å². The van der Waals surface area contributed by atoms with Crippen molar-refractivity contribution in [1.82, 2.24) is 14.6 Å². The van der Waals surface area contributed by atoms with Crippen molar-refractivity contribution in [1.29, 1.82) is 0 Å². The van der Waals surface area contributed by atoms with Gasteiger partial charge in [-0.15, -0.1) is 0 Å². The number of hydrogen-bond acceptors (Lipinski definition) is 3. The van der Waals surface area contributed by atoms with Gasteiger partial charge in [-0.25, -0.2) is 14.3 Å². The smallest absolute Gasteiger partial charge is 0.339 e. The Morgan fingerprint density at radius 3 is 2.93 bits per heavy atom. The molecule has 0 unspecified atom stereocenters. The van der Waals surface area contributed by atoms with Gasteiger partial charge in [0.2, 0.25) is 0 Å². The molecule has 0 saturated heterocycles.